The third-order valence-corrected chi connectivity index (χ3v) is 2.91. The Morgan fingerprint density at radius 2 is 2.10 bits per heavy atom. The summed E-state index contributed by atoms with van der Waals surface area (Å²) in [5.41, 5.74) is 0. The number of amides is 4. The number of carbonyl (C=O) groups is 4. The Kier molecular flexibility index (Phi) is 5.48. The maximum atomic E-state index is 12.0. The van der Waals surface area contributed by atoms with Crippen molar-refractivity contribution < 1.29 is 23.9 Å². The SMILES string of the molecule is CCCC1NC(=O)N(CC(NC(C)=O)C(=O)OC)C1=O. The third kappa shape index (κ3) is 3.69. The van der Waals surface area contributed by atoms with E-state index in [1.165, 1.54) is 14.0 Å². The molecule has 0 bridgehead atoms. The molecule has 8 heteroatoms. The molecule has 1 aliphatic heterocycles. The van der Waals surface area contributed by atoms with Crippen LogP contribution in [0.1, 0.15) is 26.7 Å². The number of imide groups is 1. The molecule has 1 saturated heterocycles. The number of hydrogen-bond acceptors (Lipinski definition) is 5. The summed E-state index contributed by atoms with van der Waals surface area (Å²) in [5.74, 6) is -1.55. The van der Waals surface area contributed by atoms with E-state index in [0.717, 1.165) is 11.3 Å². The standard InChI is InChI=1S/C12H19N3O5/c1-4-5-8-10(17)15(12(19)14-8)6-9(11(18)20-3)13-7(2)16/h8-9H,4-6H2,1-3H3,(H,13,16)(H,14,19). The molecule has 20 heavy (non-hydrogen) atoms. The van der Waals surface area contributed by atoms with Crippen molar-refractivity contribution in [1.29, 1.82) is 0 Å². The zero-order valence-electron chi connectivity index (χ0n) is 11.8. The molecular formula is C12H19N3O5. The minimum Gasteiger partial charge on any atom is -0.467 e. The number of nitrogens with zero attached hydrogens (tertiary/aromatic N) is 1. The fourth-order valence-corrected chi connectivity index (χ4v) is 1.98. The van der Waals surface area contributed by atoms with E-state index in [9.17, 15) is 19.2 Å². The second kappa shape index (κ2) is 6.88. The molecule has 0 saturated carbocycles. The van der Waals surface area contributed by atoms with Crippen molar-refractivity contribution in [2.75, 3.05) is 13.7 Å². The van der Waals surface area contributed by atoms with Gasteiger partial charge in [0.05, 0.1) is 13.7 Å². The summed E-state index contributed by atoms with van der Waals surface area (Å²) in [5, 5.41) is 4.90. The molecule has 1 heterocycles. The molecule has 2 unspecified atom stereocenters. The normalized spacial score (nSPS) is 19.6. The van der Waals surface area contributed by atoms with Crippen LogP contribution in [-0.4, -0.2) is 54.5 Å². The van der Waals surface area contributed by atoms with E-state index in [0.29, 0.717) is 6.42 Å². The minimum absolute atomic E-state index is 0.239. The molecular weight excluding hydrogens is 266 g/mol. The van der Waals surface area contributed by atoms with Gasteiger partial charge in [0.15, 0.2) is 0 Å². The second-order valence-corrected chi connectivity index (χ2v) is 4.52. The molecule has 0 aromatic carbocycles. The van der Waals surface area contributed by atoms with Gasteiger partial charge in [0, 0.05) is 6.92 Å². The van der Waals surface area contributed by atoms with Crippen molar-refractivity contribution in [2.24, 2.45) is 0 Å². The van der Waals surface area contributed by atoms with E-state index >= 15 is 0 Å². The van der Waals surface area contributed by atoms with Gasteiger partial charge in [-0.3, -0.25) is 14.5 Å². The smallest absolute Gasteiger partial charge is 0.330 e. The number of hydrogen-bond donors (Lipinski definition) is 2. The van der Waals surface area contributed by atoms with Crippen molar-refractivity contribution in [3.05, 3.63) is 0 Å². The van der Waals surface area contributed by atoms with E-state index in [2.05, 4.69) is 15.4 Å². The first kappa shape index (κ1) is 15.9. The van der Waals surface area contributed by atoms with Crippen LogP contribution in [0.3, 0.4) is 0 Å². The summed E-state index contributed by atoms with van der Waals surface area (Å²) >= 11 is 0. The largest absolute Gasteiger partial charge is 0.467 e. The molecule has 2 atom stereocenters. The molecule has 0 spiro atoms. The average molecular weight is 285 g/mol. The summed E-state index contributed by atoms with van der Waals surface area (Å²) in [6.07, 6.45) is 1.28. The van der Waals surface area contributed by atoms with Crippen LogP contribution < -0.4 is 10.6 Å². The lowest BCUT2D eigenvalue weighted by Gasteiger charge is -2.20. The lowest BCUT2D eigenvalue weighted by molar-refractivity contribution is -0.145. The summed E-state index contributed by atoms with van der Waals surface area (Å²) in [6.45, 7) is 2.90. The highest BCUT2D eigenvalue weighted by molar-refractivity contribution is 6.04. The van der Waals surface area contributed by atoms with Crippen LogP contribution >= 0.6 is 0 Å². The molecule has 0 aromatic rings. The molecule has 0 aliphatic carbocycles. The van der Waals surface area contributed by atoms with Gasteiger partial charge in [0.25, 0.3) is 5.91 Å². The highest BCUT2D eigenvalue weighted by Gasteiger charge is 2.39. The second-order valence-electron chi connectivity index (χ2n) is 4.52. The predicted octanol–water partition coefficient (Wildman–Crippen LogP) is -0.615. The quantitative estimate of drug-likeness (QED) is 0.500. The van der Waals surface area contributed by atoms with Gasteiger partial charge in [0.2, 0.25) is 5.91 Å². The number of carbonyl (C=O) groups excluding carboxylic acids is 4. The number of rotatable bonds is 6. The van der Waals surface area contributed by atoms with Crippen molar-refractivity contribution in [1.82, 2.24) is 15.5 Å². The zero-order valence-corrected chi connectivity index (χ0v) is 11.8. The van der Waals surface area contributed by atoms with Crippen LogP contribution in [-0.2, 0) is 19.1 Å². The molecule has 2 N–H and O–H groups in total. The Labute approximate surface area is 116 Å². The lowest BCUT2D eigenvalue weighted by atomic mass is 10.1. The van der Waals surface area contributed by atoms with Gasteiger partial charge >= 0.3 is 12.0 Å². The molecule has 1 rings (SSSR count). The number of nitrogens with one attached hydrogen (secondary N) is 2. The van der Waals surface area contributed by atoms with E-state index in [4.69, 9.17) is 0 Å². The molecule has 8 nitrogen and oxygen atoms in total. The van der Waals surface area contributed by atoms with Gasteiger partial charge in [-0.25, -0.2) is 9.59 Å². The summed E-state index contributed by atoms with van der Waals surface area (Å²) in [7, 11) is 1.17. The maximum Gasteiger partial charge on any atom is 0.330 e. The van der Waals surface area contributed by atoms with Gasteiger partial charge in [-0.05, 0) is 6.42 Å². The lowest BCUT2D eigenvalue weighted by Crippen LogP contribution is -2.50. The van der Waals surface area contributed by atoms with Crippen molar-refractivity contribution in [3.8, 4) is 0 Å². The Morgan fingerprint density at radius 1 is 1.45 bits per heavy atom. The highest BCUT2D eigenvalue weighted by Crippen LogP contribution is 2.11. The van der Waals surface area contributed by atoms with Crippen LogP contribution in [0.2, 0.25) is 0 Å². The van der Waals surface area contributed by atoms with E-state index in [-0.39, 0.29) is 6.54 Å². The Hall–Kier alpha value is -2.12. The van der Waals surface area contributed by atoms with Crippen LogP contribution in [0.4, 0.5) is 4.79 Å². The highest BCUT2D eigenvalue weighted by atomic mass is 16.5. The van der Waals surface area contributed by atoms with Gasteiger partial charge < -0.3 is 15.4 Å². The molecule has 4 amide bonds. The van der Waals surface area contributed by atoms with Crippen molar-refractivity contribution >= 4 is 23.8 Å². The molecule has 1 aliphatic rings. The van der Waals surface area contributed by atoms with Crippen molar-refractivity contribution in [3.63, 3.8) is 0 Å². The molecule has 0 radical (unpaired) electrons. The minimum atomic E-state index is -1.06. The van der Waals surface area contributed by atoms with E-state index < -0.39 is 35.9 Å². The van der Waals surface area contributed by atoms with Crippen molar-refractivity contribution in [2.45, 2.75) is 38.8 Å². The van der Waals surface area contributed by atoms with Gasteiger partial charge in [-0.15, -0.1) is 0 Å². The summed E-state index contributed by atoms with van der Waals surface area (Å²) < 4.78 is 4.55. The first-order valence-corrected chi connectivity index (χ1v) is 6.37. The Morgan fingerprint density at radius 3 is 2.60 bits per heavy atom. The van der Waals surface area contributed by atoms with Crippen LogP contribution in [0, 0.1) is 0 Å². The fraction of sp³-hybridized carbons (Fsp3) is 0.667. The number of esters is 1. The van der Waals surface area contributed by atoms with Crippen LogP contribution in [0.5, 0.6) is 0 Å². The fourth-order valence-electron chi connectivity index (χ4n) is 1.98. The van der Waals surface area contributed by atoms with Gasteiger partial charge in [-0.1, -0.05) is 13.3 Å². The molecule has 1 fully saturated rings. The number of methoxy groups -OCH3 is 1. The third-order valence-electron chi connectivity index (χ3n) is 2.91. The first-order chi connectivity index (χ1) is 9.40. The summed E-state index contributed by atoms with van der Waals surface area (Å²) in [4.78, 5) is 47.3. The number of ether oxygens (including phenoxy) is 1. The van der Waals surface area contributed by atoms with Gasteiger partial charge in [0.1, 0.15) is 12.1 Å². The Balaban J connectivity index is 2.77. The monoisotopic (exact) mass is 285 g/mol. The topological polar surface area (TPSA) is 105 Å². The van der Waals surface area contributed by atoms with Gasteiger partial charge in [-0.2, -0.15) is 0 Å². The van der Waals surface area contributed by atoms with Crippen LogP contribution in [0.15, 0.2) is 0 Å². The predicted molar refractivity (Wildman–Crippen MR) is 68.6 cm³/mol. The van der Waals surface area contributed by atoms with Crippen LogP contribution in [0.25, 0.3) is 0 Å². The Bertz CT molecular complexity index is 423. The average Bonchev–Trinajstić information content (AvgIpc) is 2.64. The zero-order chi connectivity index (χ0) is 15.3. The summed E-state index contributed by atoms with van der Waals surface area (Å²) in [6, 6.07) is -2.19. The maximum absolute atomic E-state index is 12.0. The molecule has 0 aromatic heterocycles. The molecule has 112 valence electrons. The number of urea groups is 1. The van der Waals surface area contributed by atoms with E-state index in [1.807, 2.05) is 6.92 Å². The first-order valence-electron chi connectivity index (χ1n) is 6.37. The van der Waals surface area contributed by atoms with E-state index in [1.54, 1.807) is 0 Å².